The van der Waals surface area contributed by atoms with Gasteiger partial charge in [-0.25, -0.2) is 10.2 Å². The van der Waals surface area contributed by atoms with Gasteiger partial charge >= 0.3 is 0 Å². The maximum atomic E-state index is 12.9. The topological polar surface area (TPSA) is 71.5 Å². The Morgan fingerprint density at radius 2 is 2.10 bits per heavy atom. The number of nitrogens with one attached hydrogen (secondary N) is 1. The van der Waals surface area contributed by atoms with Gasteiger partial charge in [-0.15, -0.1) is 0 Å². The molecule has 1 aromatic heterocycles. The average Bonchev–Trinajstić information content (AvgIpc) is 2.93. The van der Waals surface area contributed by atoms with E-state index in [1.807, 2.05) is 17.2 Å². The summed E-state index contributed by atoms with van der Waals surface area (Å²) < 4.78 is 18.3. The van der Waals surface area contributed by atoms with Crippen LogP contribution in [0.2, 0.25) is 0 Å². The second kappa shape index (κ2) is 6.21. The number of carbonyl (C=O) groups excluding carboxylic acids is 1. The second-order valence-electron chi connectivity index (χ2n) is 4.27. The molecule has 0 saturated heterocycles. The summed E-state index contributed by atoms with van der Waals surface area (Å²) >= 11 is 0. The molecule has 0 bridgehead atoms. The van der Waals surface area contributed by atoms with Crippen molar-refractivity contribution >= 4 is 11.6 Å². The molecule has 2 aromatic rings. The van der Waals surface area contributed by atoms with Crippen molar-refractivity contribution in [2.75, 3.05) is 11.4 Å². The van der Waals surface area contributed by atoms with Crippen LogP contribution in [-0.2, 0) is 6.54 Å². The number of carbonyl (C=O) groups is 1. The van der Waals surface area contributed by atoms with Crippen LogP contribution < -0.4 is 16.2 Å². The summed E-state index contributed by atoms with van der Waals surface area (Å²) in [5, 5.41) is 0. The third kappa shape index (κ3) is 3.16. The van der Waals surface area contributed by atoms with E-state index in [2.05, 4.69) is 0 Å². The molecule has 0 aliphatic rings. The summed E-state index contributed by atoms with van der Waals surface area (Å²) in [6.07, 6.45) is 1.36. The van der Waals surface area contributed by atoms with Crippen LogP contribution in [0.4, 0.5) is 10.1 Å². The summed E-state index contributed by atoms with van der Waals surface area (Å²) in [5.74, 6) is 5.02. The highest BCUT2D eigenvalue weighted by Crippen LogP contribution is 2.18. The number of furan rings is 1. The van der Waals surface area contributed by atoms with Crippen molar-refractivity contribution in [2.45, 2.75) is 13.5 Å². The van der Waals surface area contributed by atoms with Crippen molar-refractivity contribution in [3.8, 4) is 0 Å². The summed E-state index contributed by atoms with van der Waals surface area (Å²) in [7, 11) is 0. The van der Waals surface area contributed by atoms with Gasteiger partial charge in [0.15, 0.2) is 0 Å². The van der Waals surface area contributed by atoms with Gasteiger partial charge < -0.3 is 9.32 Å². The number of anilines is 1. The van der Waals surface area contributed by atoms with Crippen LogP contribution in [0.15, 0.2) is 41.0 Å². The van der Waals surface area contributed by atoms with E-state index in [4.69, 9.17) is 10.3 Å². The van der Waals surface area contributed by atoms with Crippen molar-refractivity contribution in [3.63, 3.8) is 0 Å². The van der Waals surface area contributed by atoms with Gasteiger partial charge in [0, 0.05) is 12.2 Å². The zero-order chi connectivity index (χ0) is 14.5. The van der Waals surface area contributed by atoms with E-state index in [1.165, 1.54) is 18.4 Å². The molecule has 20 heavy (non-hydrogen) atoms. The van der Waals surface area contributed by atoms with Crippen molar-refractivity contribution < 1.29 is 13.6 Å². The zero-order valence-electron chi connectivity index (χ0n) is 11.1. The first-order chi connectivity index (χ1) is 9.63. The Morgan fingerprint density at radius 1 is 1.40 bits per heavy atom. The van der Waals surface area contributed by atoms with E-state index in [0.29, 0.717) is 17.9 Å². The minimum atomic E-state index is -0.398. The van der Waals surface area contributed by atoms with Crippen molar-refractivity contribution in [2.24, 2.45) is 5.84 Å². The maximum Gasteiger partial charge on any atom is 0.268 e. The summed E-state index contributed by atoms with van der Waals surface area (Å²) in [6.45, 7) is 3.20. The molecule has 0 aliphatic heterocycles. The zero-order valence-corrected chi connectivity index (χ0v) is 11.1. The predicted octanol–water partition coefficient (Wildman–Crippen LogP) is 2.05. The number of amides is 1. The van der Waals surface area contributed by atoms with Crippen LogP contribution in [0.25, 0.3) is 0 Å². The van der Waals surface area contributed by atoms with Gasteiger partial charge in [0.2, 0.25) is 0 Å². The van der Waals surface area contributed by atoms with Gasteiger partial charge in [-0.2, -0.15) is 0 Å². The number of halogens is 1. The molecule has 0 unspecified atom stereocenters. The number of nitrogens with zero attached hydrogens (tertiary/aromatic N) is 1. The fourth-order valence-electron chi connectivity index (χ4n) is 1.89. The van der Waals surface area contributed by atoms with Crippen LogP contribution in [0.1, 0.15) is 23.0 Å². The van der Waals surface area contributed by atoms with E-state index in [-0.39, 0.29) is 5.82 Å². The number of hydrazine groups is 1. The maximum absolute atomic E-state index is 12.9. The molecule has 106 valence electrons. The van der Waals surface area contributed by atoms with E-state index < -0.39 is 5.91 Å². The lowest BCUT2D eigenvalue weighted by atomic mass is 10.2. The Bertz CT molecular complexity index is 580. The molecule has 1 heterocycles. The Balaban J connectivity index is 2.12. The van der Waals surface area contributed by atoms with Gasteiger partial charge in [-0.05, 0) is 37.3 Å². The second-order valence-corrected chi connectivity index (χ2v) is 4.27. The lowest BCUT2D eigenvalue weighted by Gasteiger charge is -2.21. The lowest BCUT2D eigenvalue weighted by molar-refractivity contribution is 0.0953. The first-order valence-electron chi connectivity index (χ1n) is 6.23. The minimum Gasteiger partial charge on any atom is -0.467 e. The first kappa shape index (κ1) is 14.1. The van der Waals surface area contributed by atoms with Crippen LogP contribution in [0.5, 0.6) is 0 Å². The standard InChI is InChI=1S/C14H16FN3O2/c1-2-18(12-5-3-11(15)4-6-12)8-13-7-10(9-20-13)14(19)17-16/h3-7,9H,2,8,16H2,1H3,(H,17,19). The van der Waals surface area contributed by atoms with Crippen molar-refractivity contribution in [1.82, 2.24) is 5.43 Å². The van der Waals surface area contributed by atoms with Crippen molar-refractivity contribution in [3.05, 3.63) is 53.7 Å². The van der Waals surface area contributed by atoms with E-state index in [1.54, 1.807) is 18.2 Å². The molecule has 0 saturated carbocycles. The van der Waals surface area contributed by atoms with E-state index in [9.17, 15) is 9.18 Å². The van der Waals surface area contributed by atoms with Gasteiger partial charge in [-0.3, -0.25) is 10.2 Å². The van der Waals surface area contributed by atoms with Gasteiger partial charge in [0.05, 0.1) is 12.1 Å². The van der Waals surface area contributed by atoms with E-state index >= 15 is 0 Å². The molecule has 6 heteroatoms. The normalized spacial score (nSPS) is 10.3. The predicted molar refractivity (Wildman–Crippen MR) is 73.5 cm³/mol. The molecule has 0 radical (unpaired) electrons. The molecular formula is C14H16FN3O2. The van der Waals surface area contributed by atoms with Gasteiger partial charge in [0.25, 0.3) is 5.91 Å². The Labute approximate surface area is 116 Å². The van der Waals surface area contributed by atoms with Crippen molar-refractivity contribution in [1.29, 1.82) is 0 Å². The quantitative estimate of drug-likeness (QED) is 0.498. The number of hydrogen-bond acceptors (Lipinski definition) is 4. The number of hydrogen-bond donors (Lipinski definition) is 2. The minimum absolute atomic E-state index is 0.273. The Kier molecular flexibility index (Phi) is 4.37. The third-order valence-corrected chi connectivity index (χ3v) is 2.97. The monoisotopic (exact) mass is 277 g/mol. The Morgan fingerprint density at radius 3 is 2.70 bits per heavy atom. The summed E-state index contributed by atoms with van der Waals surface area (Å²) in [4.78, 5) is 13.3. The van der Waals surface area contributed by atoms with Crippen LogP contribution in [0, 0.1) is 5.82 Å². The van der Waals surface area contributed by atoms with E-state index in [0.717, 1.165) is 12.2 Å². The fraction of sp³-hybridized carbons (Fsp3) is 0.214. The van der Waals surface area contributed by atoms with Gasteiger partial charge in [-0.1, -0.05) is 0 Å². The third-order valence-electron chi connectivity index (χ3n) is 2.97. The number of nitrogen functional groups attached to an aromatic ring is 1. The average molecular weight is 277 g/mol. The summed E-state index contributed by atoms with van der Waals surface area (Å²) in [5.41, 5.74) is 3.30. The molecule has 1 amide bonds. The molecule has 0 aliphatic carbocycles. The number of rotatable bonds is 5. The molecule has 5 nitrogen and oxygen atoms in total. The highest BCUT2D eigenvalue weighted by atomic mass is 19.1. The Hall–Kier alpha value is -2.34. The summed E-state index contributed by atoms with van der Waals surface area (Å²) in [6, 6.07) is 7.86. The molecule has 1 aromatic carbocycles. The fourth-order valence-corrected chi connectivity index (χ4v) is 1.89. The van der Waals surface area contributed by atoms with Crippen LogP contribution in [-0.4, -0.2) is 12.5 Å². The molecular weight excluding hydrogens is 261 g/mol. The van der Waals surface area contributed by atoms with Crippen LogP contribution in [0.3, 0.4) is 0 Å². The molecule has 3 N–H and O–H groups in total. The SMILES string of the molecule is CCN(Cc1cc(C(=O)NN)co1)c1ccc(F)cc1. The largest absolute Gasteiger partial charge is 0.467 e. The first-order valence-corrected chi connectivity index (χ1v) is 6.23. The molecule has 0 spiro atoms. The number of nitrogens with two attached hydrogens (primary N) is 1. The molecule has 0 fully saturated rings. The molecule has 0 atom stereocenters. The number of benzene rings is 1. The van der Waals surface area contributed by atoms with Crippen LogP contribution >= 0.6 is 0 Å². The highest BCUT2D eigenvalue weighted by Gasteiger charge is 2.12. The van der Waals surface area contributed by atoms with Gasteiger partial charge in [0.1, 0.15) is 17.8 Å². The molecule has 2 rings (SSSR count). The smallest absolute Gasteiger partial charge is 0.268 e. The highest BCUT2D eigenvalue weighted by molar-refractivity contribution is 5.93. The lowest BCUT2D eigenvalue weighted by Crippen LogP contribution is -2.29.